The molecule has 2 aliphatic heterocycles. The maximum atomic E-state index is 15.7. The number of primary amides is 2. The summed E-state index contributed by atoms with van der Waals surface area (Å²) in [7, 11) is 0.918. The summed E-state index contributed by atoms with van der Waals surface area (Å²) >= 11 is 0.721. The van der Waals surface area contributed by atoms with Crippen LogP contribution >= 0.6 is 11.8 Å². The van der Waals surface area contributed by atoms with Crippen LogP contribution < -0.4 is 75.5 Å². The Balaban J connectivity index is 1.19. The predicted octanol–water partition coefficient (Wildman–Crippen LogP) is -2.40. The number of unbranched alkanes of at least 4 members (excludes halogenated alkanes) is 2. The van der Waals surface area contributed by atoms with E-state index in [1.54, 1.807) is 74.8 Å². The number of nitrogens with two attached hydrogens (primary N) is 4. The number of guanidine groups is 1. The average Bonchev–Trinajstić information content (AvgIpc) is 1.35. The van der Waals surface area contributed by atoms with E-state index in [-0.39, 0.29) is 93.7 Å². The Hall–Kier alpha value is -13.4. The Morgan fingerprint density at radius 2 is 1.15 bits per heavy atom. The van der Waals surface area contributed by atoms with Crippen molar-refractivity contribution in [2.75, 3.05) is 72.5 Å². The molecule has 0 spiro atoms. The van der Waals surface area contributed by atoms with Crippen molar-refractivity contribution in [3.8, 4) is 0 Å². The number of nitrogens with one attached hydrogen (secondary N) is 14. The van der Waals surface area contributed by atoms with Gasteiger partial charge in [0.25, 0.3) is 0 Å². The van der Waals surface area contributed by atoms with Crippen LogP contribution in [0.15, 0.2) is 103 Å². The molecule has 5 heterocycles. The molecular weight excluding hydrogens is 1800 g/mol. The molecule has 136 heavy (non-hydrogen) atoms. The van der Waals surface area contributed by atoms with Crippen LogP contribution in [0.1, 0.15) is 140 Å². The minimum Gasteiger partial charge on any atom is -0.394 e. The SMILES string of the molecule is CCCC[C@H]1C(=O)N(C)[C@@H](CCCC)C(=O)N[C@@H](CCCNC(=N)N)C(=O)N[C@H](C(=O)NCC(N)=O)CSCC(=O)N[C@@H](Cc2ccc(S(N)(=O)=O)cc2)C(=O)N(C)[C@@H](C)C(=O)N[C@@H](CC(N)=O)C(=O)N2CCC[C@H]2C(=O)N[C@@H](Cc2cnc[nH]2)C(=O)N[C@@H](CC(C)C)C(=O)N(C)CC(=O)C[C@@H](Cc2c[nH]c3ccccc23)C(=O)N[C@@H](CO)C(=O)N[C@@H](Cc2c[nH]c3ccccc23)C(=O)N1C. The molecule has 0 radical (unpaired) electrons. The number of hydrogen-bond acceptors (Lipinski definition) is 23. The summed E-state index contributed by atoms with van der Waals surface area (Å²) < 4.78 is 24.7. The zero-order chi connectivity index (χ0) is 99.9. The average molecular weight is 1930 g/mol. The summed E-state index contributed by atoms with van der Waals surface area (Å²) in [6.07, 6.45) is 4.96. The molecule has 0 aliphatic carbocycles. The summed E-state index contributed by atoms with van der Waals surface area (Å²) in [5, 5.41) is 52.0. The number of carbonyl (C=O) groups is 17. The van der Waals surface area contributed by atoms with Gasteiger partial charge in [0, 0.05) is 125 Å². The van der Waals surface area contributed by atoms with E-state index in [4.69, 9.17) is 27.7 Å². The Kier molecular flexibility index (Phi) is 40.8. The van der Waals surface area contributed by atoms with Gasteiger partial charge in [-0.25, -0.2) is 18.5 Å². The van der Waals surface area contributed by atoms with Gasteiger partial charge >= 0.3 is 0 Å². The number of Topliss-reactive ketones (excluding diaryl/α,β-unsaturated/α-hetero) is 1. The van der Waals surface area contributed by atoms with E-state index in [9.17, 15) is 71.1 Å². The smallest absolute Gasteiger partial charge is 0.246 e. The first-order valence-corrected chi connectivity index (χ1v) is 47.8. The first-order chi connectivity index (χ1) is 64.5. The normalized spacial score (nSPS) is 23.4. The third-order valence-electron chi connectivity index (χ3n) is 23.8. The van der Waals surface area contributed by atoms with Gasteiger partial charge in [-0.2, -0.15) is 0 Å². The molecule has 2 fully saturated rings. The van der Waals surface area contributed by atoms with E-state index in [2.05, 4.69) is 73.1 Å². The van der Waals surface area contributed by atoms with Gasteiger partial charge in [0.15, 0.2) is 11.7 Å². The Morgan fingerprint density at radius 3 is 1.74 bits per heavy atom. The van der Waals surface area contributed by atoms with E-state index in [0.717, 1.165) is 48.4 Å². The van der Waals surface area contributed by atoms with Crippen molar-refractivity contribution in [1.82, 2.24) is 97.6 Å². The summed E-state index contributed by atoms with van der Waals surface area (Å²) in [6, 6.07) is 0.404. The van der Waals surface area contributed by atoms with Crippen molar-refractivity contribution < 1.29 is 95.0 Å². The number of nitrogens with zero attached hydrogens (tertiary/aromatic N) is 6. The topological polar surface area (TPSA) is 669 Å². The highest BCUT2D eigenvalue weighted by molar-refractivity contribution is 8.00. The molecule has 16 amide bonds. The minimum atomic E-state index is -4.25. The molecule has 0 bridgehead atoms. The van der Waals surface area contributed by atoms with Crippen molar-refractivity contribution in [2.24, 2.45) is 34.2 Å². The largest absolute Gasteiger partial charge is 0.394 e. The van der Waals surface area contributed by atoms with Crippen LogP contribution in [0.4, 0.5) is 0 Å². The number of H-pyrrole nitrogens is 3. The number of amides is 16. The predicted molar refractivity (Wildman–Crippen MR) is 502 cm³/mol. The number of primary sulfonamides is 1. The molecule has 13 atom stereocenters. The van der Waals surface area contributed by atoms with Crippen LogP contribution in [0, 0.1) is 17.2 Å². The standard InChI is InChI=1S/C90H128N24O20S2/c1-10-12-25-71-83(126)103-63(24-18-32-97-90(93)94)80(123)109-70(79(122)100-44-75(92)118)47-135-48-76(119)102-66(35-52-28-30-58(31-29-52)136(95,133)134)86(129)111(7)51(5)77(120)105-68(40-74(91)117)88(131)114-33-19-27-72(114)84(127)104-64(39-56-43-96-49-101-56)81(124)106-65(34-50(3)4)85(128)110(6)45-57(116)37-53(36-54-41-98-61-22-16-14-20-59(54)61)78(121)108-69(46-115)82(125)107-67(38-55-42-99-62-23-17-15-21-60(55)62)87(130)113(9)73(26-13-11-2)89(132)112(71)8/h14-17,20-23,28-31,41-43,49-51,53,63-73,98-99,115H,10-13,18-19,24-27,32-40,44-48H2,1-9H3,(H2,91,117)(H2,92,118)(H,96,101)(H,100,122)(H,102,119)(H,103,126)(H,104,127)(H,105,120)(H,106,124)(H,107,125)(H,108,121)(H,109,123)(H4,93,94,97)(H2,95,133,134)/t51-,53+,63-,64-,65-,66-,67-,68-,69-,70-,71-,72-,73-/m0/s1. The number of thioether (sulfide) groups is 1. The van der Waals surface area contributed by atoms with Gasteiger partial charge in [0.05, 0.1) is 43.1 Å². The van der Waals surface area contributed by atoms with Gasteiger partial charge in [0.1, 0.15) is 72.5 Å². The fourth-order valence-corrected chi connectivity index (χ4v) is 17.6. The van der Waals surface area contributed by atoms with Crippen molar-refractivity contribution in [1.29, 1.82) is 5.41 Å². The number of likely N-dealkylation sites (N-methyl/N-ethyl adjacent to an activating group) is 4. The molecule has 2 aliphatic rings. The molecule has 23 N–H and O–H groups in total. The number of imidazole rings is 1. The number of aromatic nitrogens is 4. The Morgan fingerprint density at radius 1 is 0.581 bits per heavy atom. The molecule has 44 nitrogen and oxygen atoms in total. The fourth-order valence-electron chi connectivity index (χ4n) is 16.3. The Bertz CT molecular complexity index is 5380. The van der Waals surface area contributed by atoms with Gasteiger partial charge in [-0.05, 0) is 105 Å². The first kappa shape index (κ1) is 108. The number of benzene rings is 3. The summed E-state index contributed by atoms with van der Waals surface area (Å²) in [5.41, 5.74) is 19.8. The van der Waals surface area contributed by atoms with E-state index in [0.29, 0.717) is 64.3 Å². The second-order valence-corrected chi connectivity index (χ2v) is 37.3. The van der Waals surface area contributed by atoms with Crippen LogP contribution in [0.3, 0.4) is 0 Å². The van der Waals surface area contributed by atoms with Crippen molar-refractivity contribution in [3.63, 3.8) is 0 Å². The number of hydrogen-bond donors (Lipinski definition) is 19. The molecule has 0 unspecified atom stereocenters. The van der Waals surface area contributed by atoms with Crippen LogP contribution in [-0.2, 0) is 117 Å². The fraction of sp³-hybridized carbons (Fsp3) is 0.522. The van der Waals surface area contributed by atoms with Crippen LogP contribution in [0.5, 0.6) is 0 Å². The number of ketones is 1. The van der Waals surface area contributed by atoms with Gasteiger partial charge in [-0.3, -0.25) is 86.9 Å². The zero-order valence-electron chi connectivity index (χ0n) is 77.8. The number of sulfonamides is 1. The number of rotatable bonds is 27. The lowest BCUT2D eigenvalue weighted by atomic mass is 9.92. The highest BCUT2D eigenvalue weighted by Gasteiger charge is 2.44. The lowest BCUT2D eigenvalue weighted by Crippen LogP contribution is -2.61. The lowest BCUT2D eigenvalue weighted by molar-refractivity contribution is -0.149. The minimum absolute atomic E-state index is 0.00792. The van der Waals surface area contributed by atoms with E-state index in [1.807, 2.05) is 13.8 Å². The molecule has 2 saturated heterocycles. The summed E-state index contributed by atoms with van der Waals surface area (Å²) in [5.74, 6) is -18.9. The second kappa shape index (κ2) is 51.4. The number of carbonyl (C=O) groups excluding carboxylic acids is 17. The number of aliphatic hydroxyl groups excluding tert-OH is 1. The molecule has 6 aromatic rings. The van der Waals surface area contributed by atoms with E-state index < -0.39 is 245 Å². The molecular formula is C90H128N24O20S2. The maximum Gasteiger partial charge on any atom is 0.246 e. The number of para-hydroxylation sites is 2. The lowest BCUT2D eigenvalue weighted by Gasteiger charge is -2.36. The maximum absolute atomic E-state index is 15.7. The van der Waals surface area contributed by atoms with Gasteiger partial charge in [-0.1, -0.05) is 102 Å². The number of aromatic amines is 3. The van der Waals surface area contributed by atoms with Crippen molar-refractivity contribution in [3.05, 3.63) is 120 Å². The van der Waals surface area contributed by atoms with Crippen LogP contribution in [-0.4, -0.2) is 309 Å². The second-order valence-electron chi connectivity index (χ2n) is 34.7. The first-order valence-electron chi connectivity index (χ1n) is 45.1. The van der Waals surface area contributed by atoms with E-state index in [1.165, 1.54) is 59.8 Å². The van der Waals surface area contributed by atoms with Crippen molar-refractivity contribution >= 4 is 150 Å². The van der Waals surface area contributed by atoms with E-state index >= 15 is 24.0 Å². The number of aliphatic hydroxyl groups is 1. The molecule has 46 heteroatoms. The van der Waals surface area contributed by atoms with Crippen LogP contribution in [0.25, 0.3) is 21.8 Å². The molecule has 740 valence electrons. The van der Waals surface area contributed by atoms with Crippen molar-refractivity contribution in [2.45, 2.75) is 221 Å². The highest BCUT2D eigenvalue weighted by atomic mass is 32.2. The quantitative estimate of drug-likeness (QED) is 0.0145. The van der Waals surface area contributed by atoms with Crippen LogP contribution in [0.2, 0.25) is 0 Å². The molecule has 3 aromatic carbocycles. The van der Waals surface area contributed by atoms with Gasteiger partial charge in [0.2, 0.25) is 105 Å². The third-order valence-corrected chi connectivity index (χ3v) is 25.8. The van der Waals surface area contributed by atoms with Gasteiger partial charge in [-0.15, -0.1) is 11.8 Å². The highest BCUT2D eigenvalue weighted by Crippen LogP contribution is 2.28. The summed E-state index contributed by atoms with van der Waals surface area (Å²) in [4.78, 5) is 268. The number of fused-ring (bicyclic) bond motifs is 3. The monoisotopic (exact) mass is 1930 g/mol. The molecule has 0 saturated carbocycles. The molecule has 8 rings (SSSR count). The van der Waals surface area contributed by atoms with Gasteiger partial charge < -0.3 is 115 Å². The summed E-state index contributed by atoms with van der Waals surface area (Å²) in [6.45, 7) is 5.83. The molecule has 3 aromatic heterocycles. The zero-order valence-corrected chi connectivity index (χ0v) is 79.4. The third kappa shape index (κ3) is 31.1. The Labute approximate surface area is 791 Å².